The number of benzene rings is 2. The van der Waals surface area contributed by atoms with Gasteiger partial charge < -0.3 is 4.90 Å². The highest BCUT2D eigenvalue weighted by molar-refractivity contribution is 6.40. The summed E-state index contributed by atoms with van der Waals surface area (Å²) >= 11 is 12.3. The van der Waals surface area contributed by atoms with Gasteiger partial charge in [-0.1, -0.05) is 66.0 Å². The fourth-order valence-electron chi connectivity index (χ4n) is 4.66. The molecule has 0 aliphatic heterocycles. The smallest absolute Gasteiger partial charge is 0.317 e. The van der Waals surface area contributed by atoms with Crippen LogP contribution in [0.15, 0.2) is 48.5 Å². The maximum Gasteiger partial charge on any atom is 0.324 e. The first kappa shape index (κ1) is 19.3. The Balaban J connectivity index is 1.55. The standard InChI is InChI=1S/C22H22Cl2N2O2/c23-17-7-4-8-18(24)20(17)21(27)25-22(28)26(13-14-5-2-1-3-6-14)19-12-15-9-10-16(19)11-15/h1-8,15-16,19H,9-13H2,(H,25,27,28)/t15-,16-,19-/m1/s1. The van der Waals surface area contributed by atoms with E-state index in [2.05, 4.69) is 5.32 Å². The van der Waals surface area contributed by atoms with E-state index >= 15 is 0 Å². The van der Waals surface area contributed by atoms with E-state index in [0.717, 1.165) is 18.4 Å². The number of nitrogens with one attached hydrogen (secondary N) is 1. The van der Waals surface area contributed by atoms with Crippen LogP contribution in [0, 0.1) is 11.8 Å². The van der Waals surface area contributed by atoms with Crippen molar-refractivity contribution in [3.8, 4) is 0 Å². The summed E-state index contributed by atoms with van der Waals surface area (Å²) in [6.07, 6.45) is 4.58. The van der Waals surface area contributed by atoms with Crippen LogP contribution in [0.3, 0.4) is 0 Å². The molecular formula is C22H22Cl2N2O2. The lowest BCUT2D eigenvalue weighted by atomic mass is 9.94. The minimum atomic E-state index is -0.568. The molecule has 3 atom stereocenters. The van der Waals surface area contributed by atoms with Gasteiger partial charge in [-0.3, -0.25) is 10.1 Å². The fraction of sp³-hybridized carbons (Fsp3) is 0.364. The fourth-order valence-corrected chi connectivity index (χ4v) is 5.23. The van der Waals surface area contributed by atoms with Gasteiger partial charge in [0.25, 0.3) is 5.91 Å². The number of carbonyl (C=O) groups is 2. The van der Waals surface area contributed by atoms with Crippen molar-refractivity contribution in [2.24, 2.45) is 11.8 Å². The largest absolute Gasteiger partial charge is 0.324 e. The van der Waals surface area contributed by atoms with Crippen molar-refractivity contribution in [3.63, 3.8) is 0 Å². The van der Waals surface area contributed by atoms with E-state index in [0.29, 0.717) is 18.4 Å². The topological polar surface area (TPSA) is 49.4 Å². The second-order valence-electron chi connectivity index (χ2n) is 7.71. The molecule has 2 saturated carbocycles. The summed E-state index contributed by atoms with van der Waals surface area (Å²) in [6, 6.07) is 14.5. The first-order valence-corrected chi connectivity index (χ1v) is 10.4. The molecular weight excluding hydrogens is 395 g/mol. The number of halogens is 2. The van der Waals surface area contributed by atoms with E-state index in [1.807, 2.05) is 35.2 Å². The van der Waals surface area contributed by atoms with E-state index in [9.17, 15) is 9.59 Å². The van der Waals surface area contributed by atoms with Gasteiger partial charge in [0, 0.05) is 12.6 Å². The molecule has 0 radical (unpaired) electrons. The van der Waals surface area contributed by atoms with Gasteiger partial charge in [0.2, 0.25) is 0 Å². The predicted octanol–water partition coefficient (Wildman–Crippen LogP) is 5.53. The molecule has 0 saturated heterocycles. The maximum absolute atomic E-state index is 13.1. The zero-order chi connectivity index (χ0) is 19.7. The lowest BCUT2D eigenvalue weighted by Crippen LogP contribution is -2.49. The number of rotatable bonds is 4. The van der Waals surface area contributed by atoms with Crippen LogP contribution in [0.25, 0.3) is 0 Å². The molecule has 4 rings (SSSR count). The number of nitrogens with zero attached hydrogens (tertiary/aromatic N) is 1. The number of imide groups is 1. The Bertz CT molecular complexity index is 867. The van der Waals surface area contributed by atoms with Crippen LogP contribution in [0.2, 0.25) is 10.0 Å². The van der Waals surface area contributed by atoms with Crippen molar-refractivity contribution in [1.82, 2.24) is 10.2 Å². The highest BCUT2D eigenvalue weighted by Gasteiger charge is 2.44. The summed E-state index contributed by atoms with van der Waals surface area (Å²) in [7, 11) is 0. The third-order valence-corrected chi connectivity index (χ3v) is 6.60. The zero-order valence-corrected chi connectivity index (χ0v) is 16.9. The third kappa shape index (κ3) is 3.89. The van der Waals surface area contributed by atoms with Crippen LogP contribution in [0.4, 0.5) is 4.79 Å². The minimum absolute atomic E-state index is 0.131. The number of urea groups is 1. The Morgan fingerprint density at radius 2 is 1.68 bits per heavy atom. The van der Waals surface area contributed by atoms with Crippen molar-refractivity contribution in [3.05, 3.63) is 69.7 Å². The van der Waals surface area contributed by atoms with Crippen molar-refractivity contribution >= 4 is 35.1 Å². The molecule has 6 heteroatoms. The number of amides is 3. The Morgan fingerprint density at radius 3 is 2.29 bits per heavy atom. The van der Waals surface area contributed by atoms with Crippen LogP contribution in [-0.2, 0) is 6.54 Å². The van der Waals surface area contributed by atoms with E-state index in [4.69, 9.17) is 23.2 Å². The first-order valence-electron chi connectivity index (χ1n) is 9.63. The van der Waals surface area contributed by atoms with Crippen LogP contribution < -0.4 is 5.32 Å². The van der Waals surface area contributed by atoms with Gasteiger partial charge in [-0.05, 0) is 48.8 Å². The lowest BCUT2D eigenvalue weighted by molar-refractivity contribution is 0.0929. The van der Waals surface area contributed by atoms with Crippen molar-refractivity contribution in [2.75, 3.05) is 0 Å². The molecule has 2 bridgehead atoms. The molecule has 2 aliphatic rings. The third-order valence-electron chi connectivity index (χ3n) is 5.97. The molecule has 2 aromatic carbocycles. The number of fused-ring (bicyclic) bond motifs is 2. The Hall–Kier alpha value is -2.04. The molecule has 0 spiro atoms. The van der Waals surface area contributed by atoms with E-state index < -0.39 is 5.91 Å². The Labute approximate surface area is 174 Å². The molecule has 0 unspecified atom stereocenters. The van der Waals surface area contributed by atoms with Gasteiger partial charge in [-0.15, -0.1) is 0 Å². The Kier molecular flexibility index (Phi) is 5.61. The highest BCUT2D eigenvalue weighted by atomic mass is 35.5. The molecule has 3 amide bonds. The summed E-state index contributed by atoms with van der Waals surface area (Å²) in [5.74, 6) is 0.634. The maximum atomic E-state index is 13.1. The average Bonchev–Trinajstić information content (AvgIpc) is 3.30. The van der Waals surface area contributed by atoms with Crippen molar-refractivity contribution in [1.29, 1.82) is 0 Å². The molecule has 2 aliphatic carbocycles. The highest BCUT2D eigenvalue weighted by Crippen LogP contribution is 2.47. The number of hydrogen-bond acceptors (Lipinski definition) is 2. The molecule has 2 fully saturated rings. The minimum Gasteiger partial charge on any atom is -0.317 e. The van der Waals surface area contributed by atoms with Gasteiger partial charge in [0.15, 0.2) is 0 Å². The summed E-state index contributed by atoms with van der Waals surface area (Å²) in [4.78, 5) is 27.6. The number of carbonyl (C=O) groups excluding carboxylic acids is 2. The molecule has 4 nitrogen and oxygen atoms in total. The van der Waals surface area contributed by atoms with Crippen LogP contribution >= 0.6 is 23.2 Å². The van der Waals surface area contributed by atoms with Crippen molar-refractivity contribution < 1.29 is 9.59 Å². The molecule has 1 N–H and O–H groups in total. The van der Waals surface area contributed by atoms with Crippen LogP contribution in [0.1, 0.15) is 41.6 Å². The van der Waals surface area contributed by atoms with Crippen molar-refractivity contribution in [2.45, 2.75) is 38.3 Å². The van der Waals surface area contributed by atoms with Crippen LogP contribution in [0.5, 0.6) is 0 Å². The Morgan fingerprint density at radius 1 is 0.964 bits per heavy atom. The molecule has 0 aromatic heterocycles. The molecule has 146 valence electrons. The number of hydrogen-bond donors (Lipinski definition) is 1. The van der Waals surface area contributed by atoms with E-state index in [1.54, 1.807) is 18.2 Å². The predicted molar refractivity (Wildman–Crippen MR) is 111 cm³/mol. The summed E-state index contributed by atoms with van der Waals surface area (Å²) < 4.78 is 0. The van der Waals surface area contributed by atoms with Gasteiger partial charge in [0.1, 0.15) is 0 Å². The summed E-state index contributed by atoms with van der Waals surface area (Å²) in [5, 5.41) is 2.97. The molecule has 2 aromatic rings. The molecule has 28 heavy (non-hydrogen) atoms. The SMILES string of the molecule is O=C(NC(=O)N(Cc1ccccc1)[C@@H]1C[C@@H]2CC[C@@H]1C2)c1c(Cl)cccc1Cl. The monoisotopic (exact) mass is 416 g/mol. The zero-order valence-electron chi connectivity index (χ0n) is 15.4. The first-order chi connectivity index (χ1) is 13.5. The second kappa shape index (κ2) is 8.14. The van der Waals surface area contributed by atoms with E-state index in [-0.39, 0.29) is 27.7 Å². The molecule has 0 heterocycles. The van der Waals surface area contributed by atoms with E-state index in [1.165, 1.54) is 12.8 Å². The van der Waals surface area contributed by atoms with Gasteiger partial charge in [-0.25, -0.2) is 4.79 Å². The quantitative estimate of drug-likeness (QED) is 0.711. The summed E-state index contributed by atoms with van der Waals surface area (Å²) in [6.45, 7) is 0.476. The normalized spacial score (nSPS) is 22.9. The van der Waals surface area contributed by atoms with Gasteiger partial charge in [0.05, 0.1) is 15.6 Å². The van der Waals surface area contributed by atoms with Crippen LogP contribution in [-0.4, -0.2) is 22.9 Å². The summed E-state index contributed by atoms with van der Waals surface area (Å²) in [5.41, 5.74) is 1.18. The average molecular weight is 417 g/mol. The lowest BCUT2D eigenvalue weighted by Gasteiger charge is -2.34. The second-order valence-corrected chi connectivity index (χ2v) is 8.53. The van der Waals surface area contributed by atoms with Gasteiger partial charge >= 0.3 is 6.03 Å². The van der Waals surface area contributed by atoms with Gasteiger partial charge in [-0.2, -0.15) is 0 Å².